The number of likely N-dealkylation sites (tertiary alicyclic amines) is 1. The number of aryl methyl sites for hydroxylation is 1. The van der Waals surface area contributed by atoms with Gasteiger partial charge in [-0.1, -0.05) is 12.1 Å². The van der Waals surface area contributed by atoms with E-state index < -0.39 is 23.8 Å². The van der Waals surface area contributed by atoms with Crippen LogP contribution in [0.25, 0.3) is 0 Å². The van der Waals surface area contributed by atoms with Crippen molar-refractivity contribution < 1.29 is 23.1 Å². The first-order chi connectivity index (χ1) is 12.8. The maximum atomic E-state index is 14.1. The third kappa shape index (κ3) is 4.67. The van der Waals surface area contributed by atoms with Gasteiger partial charge in [-0.2, -0.15) is 0 Å². The highest BCUT2D eigenvalue weighted by Crippen LogP contribution is 2.33. The Hall–Kier alpha value is -2.38. The second-order valence-electron chi connectivity index (χ2n) is 6.86. The van der Waals surface area contributed by atoms with Crippen molar-refractivity contribution in [1.29, 1.82) is 0 Å². The molecule has 144 valence electrons. The van der Waals surface area contributed by atoms with Gasteiger partial charge in [0.1, 0.15) is 17.5 Å². The fourth-order valence-corrected chi connectivity index (χ4v) is 3.33. The lowest BCUT2D eigenvalue weighted by Gasteiger charge is -2.24. The van der Waals surface area contributed by atoms with Gasteiger partial charge in [-0.15, -0.1) is 0 Å². The Kier molecular flexibility index (Phi) is 5.82. The molecule has 1 aliphatic heterocycles. The molecule has 0 aromatic heterocycles. The van der Waals surface area contributed by atoms with E-state index in [1.807, 2.05) is 0 Å². The molecule has 1 aliphatic rings. The second kappa shape index (κ2) is 8.10. The molecule has 2 N–H and O–H groups in total. The zero-order chi connectivity index (χ0) is 19.6. The Balaban J connectivity index is 1.64. The minimum Gasteiger partial charge on any atom is -0.392 e. The van der Waals surface area contributed by atoms with Crippen LogP contribution in [-0.2, 0) is 11.3 Å². The Bertz CT molecular complexity index is 844. The number of halogens is 3. The van der Waals surface area contributed by atoms with Crippen LogP contribution < -0.4 is 5.32 Å². The van der Waals surface area contributed by atoms with Crippen molar-refractivity contribution in [2.45, 2.75) is 32.0 Å². The molecular weight excluding hydrogens is 357 g/mol. The Morgan fingerprint density at radius 3 is 2.70 bits per heavy atom. The molecule has 1 amide bonds. The summed E-state index contributed by atoms with van der Waals surface area (Å²) in [6.45, 7) is 1.92. The van der Waals surface area contributed by atoms with Crippen molar-refractivity contribution in [1.82, 2.24) is 10.2 Å². The van der Waals surface area contributed by atoms with Gasteiger partial charge in [0.2, 0.25) is 5.91 Å². The highest BCUT2D eigenvalue weighted by atomic mass is 19.1. The van der Waals surface area contributed by atoms with Crippen molar-refractivity contribution in [2.24, 2.45) is 0 Å². The predicted octanol–water partition coefficient (Wildman–Crippen LogP) is 2.84. The lowest BCUT2D eigenvalue weighted by molar-refractivity contribution is -0.122. The summed E-state index contributed by atoms with van der Waals surface area (Å²) in [6, 6.07) is 7.30. The van der Waals surface area contributed by atoms with E-state index in [0.29, 0.717) is 11.1 Å². The van der Waals surface area contributed by atoms with Crippen molar-refractivity contribution >= 4 is 5.91 Å². The first-order valence-electron chi connectivity index (χ1n) is 8.72. The normalized spacial score (nSPS) is 20.0. The van der Waals surface area contributed by atoms with Crippen LogP contribution in [-0.4, -0.2) is 35.1 Å². The van der Waals surface area contributed by atoms with Gasteiger partial charge in [0.05, 0.1) is 12.6 Å². The van der Waals surface area contributed by atoms with Gasteiger partial charge < -0.3 is 10.4 Å². The summed E-state index contributed by atoms with van der Waals surface area (Å²) in [5.74, 6) is -1.83. The van der Waals surface area contributed by atoms with Crippen LogP contribution in [0.15, 0.2) is 36.4 Å². The van der Waals surface area contributed by atoms with Crippen LogP contribution in [0.5, 0.6) is 0 Å². The number of β-amino-alcohol motifs (C(OH)–C–C–N with tert-alkyl or cyclic N) is 1. The van der Waals surface area contributed by atoms with Crippen LogP contribution in [0.2, 0.25) is 0 Å². The molecule has 0 spiro atoms. The fraction of sp³-hybridized carbons (Fsp3) is 0.350. The molecule has 2 aromatic carbocycles. The number of aliphatic hydroxyl groups excluding tert-OH is 1. The van der Waals surface area contributed by atoms with Gasteiger partial charge in [0, 0.05) is 24.7 Å². The van der Waals surface area contributed by atoms with Crippen LogP contribution in [0.1, 0.15) is 29.2 Å². The number of amides is 1. The molecule has 4 nitrogen and oxygen atoms in total. The molecule has 1 saturated heterocycles. The van der Waals surface area contributed by atoms with Gasteiger partial charge in [0.15, 0.2) is 0 Å². The monoisotopic (exact) mass is 378 g/mol. The van der Waals surface area contributed by atoms with Crippen LogP contribution in [0.3, 0.4) is 0 Å². The Morgan fingerprint density at radius 2 is 1.96 bits per heavy atom. The van der Waals surface area contributed by atoms with Crippen LogP contribution in [0, 0.1) is 24.4 Å². The van der Waals surface area contributed by atoms with E-state index in [0.717, 1.165) is 18.2 Å². The lowest BCUT2D eigenvalue weighted by Crippen LogP contribution is -2.37. The topological polar surface area (TPSA) is 52.6 Å². The average molecular weight is 378 g/mol. The number of aliphatic hydroxyl groups is 1. The molecule has 3 rings (SSSR count). The molecule has 0 radical (unpaired) electrons. The second-order valence-corrected chi connectivity index (χ2v) is 6.86. The summed E-state index contributed by atoms with van der Waals surface area (Å²) >= 11 is 0. The first-order valence-corrected chi connectivity index (χ1v) is 8.72. The van der Waals surface area contributed by atoms with Gasteiger partial charge in [0.25, 0.3) is 0 Å². The molecule has 2 atom stereocenters. The number of hydrogen-bond acceptors (Lipinski definition) is 3. The maximum absolute atomic E-state index is 14.1. The quantitative estimate of drug-likeness (QED) is 0.841. The van der Waals surface area contributed by atoms with Gasteiger partial charge in [-0.25, -0.2) is 13.2 Å². The van der Waals surface area contributed by atoms with Crippen molar-refractivity contribution in [3.05, 3.63) is 70.5 Å². The van der Waals surface area contributed by atoms with Gasteiger partial charge in [-0.05, 0) is 48.7 Å². The van der Waals surface area contributed by atoms with E-state index in [4.69, 9.17) is 0 Å². The minimum atomic E-state index is -0.725. The zero-order valence-electron chi connectivity index (χ0n) is 14.9. The summed E-state index contributed by atoms with van der Waals surface area (Å²) in [4.78, 5) is 13.9. The number of rotatable bonds is 5. The summed E-state index contributed by atoms with van der Waals surface area (Å²) < 4.78 is 41.2. The third-order valence-corrected chi connectivity index (χ3v) is 4.77. The van der Waals surface area contributed by atoms with Crippen molar-refractivity contribution in [3.63, 3.8) is 0 Å². The fourth-order valence-electron chi connectivity index (χ4n) is 3.33. The summed E-state index contributed by atoms with van der Waals surface area (Å²) in [5.41, 5.74) is 1.27. The molecule has 27 heavy (non-hydrogen) atoms. The number of nitrogens with one attached hydrogen (secondary N) is 1. The summed E-state index contributed by atoms with van der Waals surface area (Å²) in [5, 5.41) is 12.6. The zero-order valence-corrected chi connectivity index (χ0v) is 14.9. The highest BCUT2D eigenvalue weighted by Gasteiger charge is 2.34. The van der Waals surface area contributed by atoms with E-state index >= 15 is 0 Å². The molecular formula is C20H21F3N2O2. The van der Waals surface area contributed by atoms with Gasteiger partial charge in [-0.3, -0.25) is 9.69 Å². The molecule has 0 saturated carbocycles. The molecule has 2 aromatic rings. The maximum Gasteiger partial charge on any atom is 0.234 e. The number of carbonyl (C=O) groups excluding carboxylic acids is 1. The van der Waals surface area contributed by atoms with E-state index in [-0.39, 0.29) is 43.3 Å². The molecule has 0 aliphatic carbocycles. The highest BCUT2D eigenvalue weighted by molar-refractivity contribution is 5.78. The lowest BCUT2D eigenvalue weighted by atomic mass is 10.0. The van der Waals surface area contributed by atoms with Crippen molar-refractivity contribution in [2.75, 3.05) is 13.1 Å². The molecule has 7 heteroatoms. The van der Waals surface area contributed by atoms with E-state index in [2.05, 4.69) is 5.32 Å². The van der Waals surface area contributed by atoms with E-state index in [9.17, 15) is 23.1 Å². The number of benzene rings is 2. The summed E-state index contributed by atoms with van der Waals surface area (Å²) in [6.07, 6.45) is -0.506. The number of nitrogens with zero attached hydrogens (tertiary/aromatic N) is 1. The van der Waals surface area contributed by atoms with Crippen LogP contribution in [0.4, 0.5) is 13.2 Å². The van der Waals surface area contributed by atoms with Crippen molar-refractivity contribution in [3.8, 4) is 0 Å². The number of hydrogen-bond donors (Lipinski definition) is 2. The largest absolute Gasteiger partial charge is 0.392 e. The standard InChI is InChI=1S/C20H21F3N2O2/c1-12-2-3-13(6-18(12)23)9-24-20(27)11-25-10-15(26)8-19(25)16-7-14(21)4-5-17(16)22/h2-7,15,19,26H,8-11H2,1H3,(H,24,27)/t15-,19+/m0/s1. The van der Waals surface area contributed by atoms with E-state index in [1.165, 1.54) is 6.07 Å². The summed E-state index contributed by atoms with van der Waals surface area (Å²) in [7, 11) is 0. The van der Waals surface area contributed by atoms with Crippen LogP contribution >= 0.6 is 0 Å². The third-order valence-electron chi connectivity index (χ3n) is 4.77. The predicted molar refractivity (Wildman–Crippen MR) is 94.3 cm³/mol. The Labute approximate surface area is 155 Å². The average Bonchev–Trinajstić information content (AvgIpc) is 2.98. The molecule has 1 heterocycles. The number of carbonyl (C=O) groups is 1. The SMILES string of the molecule is Cc1ccc(CNC(=O)CN2C[C@@H](O)C[C@@H]2c2cc(F)ccc2F)cc1F. The van der Waals surface area contributed by atoms with E-state index in [1.54, 1.807) is 24.0 Å². The van der Waals surface area contributed by atoms with Gasteiger partial charge >= 0.3 is 0 Å². The molecule has 0 unspecified atom stereocenters. The molecule has 0 bridgehead atoms. The minimum absolute atomic E-state index is 0.0774. The Morgan fingerprint density at radius 1 is 1.19 bits per heavy atom. The molecule has 1 fully saturated rings. The smallest absolute Gasteiger partial charge is 0.234 e. The first kappa shape index (κ1) is 19.4.